The first-order chi connectivity index (χ1) is 7.15. The van der Waals surface area contributed by atoms with Crippen LogP contribution in [-0.4, -0.2) is 21.0 Å². The number of aliphatic carboxylic acids is 1. The molecule has 0 aliphatic carbocycles. The Labute approximate surface area is 123 Å². The van der Waals surface area contributed by atoms with E-state index in [4.69, 9.17) is 0 Å². The average molecular weight is 246 g/mol. The van der Waals surface area contributed by atoms with Gasteiger partial charge in [-0.3, -0.25) is 9.97 Å². The summed E-state index contributed by atoms with van der Waals surface area (Å²) >= 11 is 0. The van der Waals surface area contributed by atoms with Crippen molar-refractivity contribution >= 4 is 5.97 Å². The molecule has 88 valence electrons. The first kappa shape index (κ1) is 16.5. The van der Waals surface area contributed by atoms with Crippen LogP contribution in [0.5, 0.6) is 0 Å². The van der Waals surface area contributed by atoms with E-state index >= 15 is 0 Å². The summed E-state index contributed by atoms with van der Waals surface area (Å²) in [7, 11) is 0. The van der Waals surface area contributed by atoms with Gasteiger partial charge in [0.25, 0.3) is 0 Å². The molecule has 0 radical (unpaired) electrons. The van der Waals surface area contributed by atoms with Crippen LogP contribution in [0, 0.1) is 0 Å². The summed E-state index contributed by atoms with van der Waals surface area (Å²) in [6.45, 7) is 6.16. The Balaban J connectivity index is 0.00000256. The molecule has 1 N–H and O–H groups in total. The number of aromatic nitrogens is 2. The topological polar surface area (TPSA) is 86.1 Å². The molecular weight excluding hydrogens is 231 g/mol. The summed E-state index contributed by atoms with van der Waals surface area (Å²) in [6, 6.07) is 0. The van der Waals surface area contributed by atoms with E-state index < -0.39 is 17.0 Å². The van der Waals surface area contributed by atoms with Crippen LogP contribution in [0.25, 0.3) is 0 Å². The number of hydrogen-bond acceptors (Lipinski definition) is 5. The van der Waals surface area contributed by atoms with Crippen molar-refractivity contribution in [3.8, 4) is 0 Å². The van der Waals surface area contributed by atoms with Crippen LogP contribution in [-0.2, 0) is 15.8 Å². The van der Waals surface area contributed by atoms with Gasteiger partial charge in [-0.05, 0) is 27.7 Å². The predicted molar refractivity (Wildman–Crippen MR) is 55.3 cm³/mol. The van der Waals surface area contributed by atoms with Crippen molar-refractivity contribution in [3.63, 3.8) is 0 Å². The smallest absolute Gasteiger partial charge is 0.549 e. The van der Waals surface area contributed by atoms with Gasteiger partial charge in [-0.2, -0.15) is 0 Å². The van der Waals surface area contributed by atoms with Gasteiger partial charge in [-0.15, -0.1) is 0 Å². The Morgan fingerprint density at radius 2 is 1.59 bits per heavy atom. The Bertz CT molecular complexity index is 396. The predicted octanol–water partition coefficient (Wildman–Crippen LogP) is -3.26. The van der Waals surface area contributed by atoms with Gasteiger partial charge in [0.05, 0.1) is 23.6 Å². The van der Waals surface area contributed by atoms with E-state index in [1.54, 1.807) is 13.8 Å². The largest absolute Gasteiger partial charge is 1.00 e. The zero-order valence-corrected chi connectivity index (χ0v) is 12.8. The number of nitrogens with zero attached hydrogens (tertiary/aromatic N) is 2. The number of aliphatic hydroxyl groups is 1. The van der Waals surface area contributed by atoms with Crippen LogP contribution >= 0.6 is 0 Å². The van der Waals surface area contributed by atoms with Crippen LogP contribution in [0.2, 0.25) is 0 Å². The first-order valence-corrected chi connectivity index (χ1v) is 4.92. The fraction of sp³-hybridized carbons (Fsp3) is 0.545. The standard InChI is InChI=1S/C11H16N2O3.Na/c1-10(2,9(14)15)7-5-13-8(6-12-7)11(3,4)16;/h5-6,16H,1-4H3,(H,14,15);/q;+1/p-1. The third kappa shape index (κ3) is 3.74. The minimum atomic E-state index is -1.21. The van der Waals surface area contributed by atoms with E-state index in [9.17, 15) is 15.0 Å². The van der Waals surface area contributed by atoms with Crippen LogP contribution in [0.3, 0.4) is 0 Å². The maximum atomic E-state index is 10.9. The third-order valence-corrected chi connectivity index (χ3v) is 2.43. The Kier molecular flexibility index (Phi) is 5.28. The SMILES string of the molecule is CC(C)(O)c1cnc(C(C)(C)C(=O)[O-])cn1.[Na+]. The quantitative estimate of drug-likeness (QED) is 0.566. The summed E-state index contributed by atoms with van der Waals surface area (Å²) in [5, 5.41) is 20.5. The van der Waals surface area contributed by atoms with Crippen molar-refractivity contribution in [3.05, 3.63) is 23.8 Å². The molecule has 0 saturated carbocycles. The zero-order chi connectivity index (χ0) is 12.6. The van der Waals surface area contributed by atoms with E-state index in [0.717, 1.165) is 0 Å². The van der Waals surface area contributed by atoms with Gasteiger partial charge in [0, 0.05) is 11.6 Å². The molecule has 0 aliphatic heterocycles. The van der Waals surface area contributed by atoms with Crippen LogP contribution < -0.4 is 34.7 Å². The second-order valence-electron chi connectivity index (χ2n) is 4.76. The molecule has 6 heteroatoms. The van der Waals surface area contributed by atoms with Crippen LogP contribution in [0.1, 0.15) is 39.1 Å². The molecule has 1 heterocycles. The molecule has 0 spiro atoms. The van der Waals surface area contributed by atoms with E-state index in [-0.39, 0.29) is 29.6 Å². The normalized spacial score (nSPS) is 11.8. The number of carbonyl (C=O) groups is 1. The molecule has 1 aromatic heterocycles. The number of carboxylic acids is 1. The second kappa shape index (κ2) is 5.44. The maximum absolute atomic E-state index is 10.9. The fourth-order valence-electron chi connectivity index (χ4n) is 1.07. The molecule has 0 aliphatic rings. The van der Waals surface area contributed by atoms with E-state index in [1.165, 1.54) is 26.2 Å². The van der Waals surface area contributed by atoms with E-state index in [2.05, 4.69) is 9.97 Å². The summed E-state index contributed by atoms with van der Waals surface area (Å²) in [5.74, 6) is -1.21. The second-order valence-corrected chi connectivity index (χ2v) is 4.76. The Hall–Kier alpha value is -0.490. The van der Waals surface area contributed by atoms with Crippen molar-refractivity contribution in [2.75, 3.05) is 0 Å². The number of rotatable bonds is 3. The van der Waals surface area contributed by atoms with E-state index in [1.807, 2.05) is 0 Å². The molecular formula is C11H15N2NaO3. The molecule has 0 amide bonds. The molecule has 5 nitrogen and oxygen atoms in total. The minimum Gasteiger partial charge on any atom is -0.549 e. The van der Waals surface area contributed by atoms with Gasteiger partial charge in [-0.25, -0.2) is 0 Å². The molecule has 0 bridgehead atoms. The number of hydrogen-bond donors (Lipinski definition) is 1. The third-order valence-electron chi connectivity index (χ3n) is 2.43. The molecule has 0 atom stereocenters. The van der Waals surface area contributed by atoms with Crippen LogP contribution in [0.15, 0.2) is 12.4 Å². The molecule has 1 rings (SSSR count). The molecule has 0 aromatic carbocycles. The Morgan fingerprint density at radius 1 is 1.18 bits per heavy atom. The van der Waals surface area contributed by atoms with Gasteiger partial charge in [0.2, 0.25) is 0 Å². The first-order valence-electron chi connectivity index (χ1n) is 4.92. The molecule has 0 unspecified atom stereocenters. The van der Waals surface area contributed by atoms with Crippen molar-refractivity contribution < 1.29 is 44.6 Å². The summed E-state index contributed by atoms with van der Waals surface area (Å²) in [6.07, 6.45) is 2.73. The fourth-order valence-corrected chi connectivity index (χ4v) is 1.07. The van der Waals surface area contributed by atoms with Crippen LogP contribution in [0.4, 0.5) is 0 Å². The molecule has 0 saturated heterocycles. The van der Waals surface area contributed by atoms with Gasteiger partial charge in [0.1, 0.15) is 5.60 Å². The summed E-state index contributed by atoms with van der Waals surface area (Å²) < 4.78 is 0. The van der Waals surface area contributed by atoms with Gasteiger partial charge in [-0.1, -0.05) is 0 Å². The molecule has 17 heavy (non-hydrogen) atoms. The zero-order valence-electron chi connectivity index (χ0n) is 10.8. The van der Waals surface area contributed by atoms with Gasteiger partial charge >= 0.3 is 29.6 Å². The number of carbonyl (C=O) groups excluding carboxylic acids is 1. The molecule has 0 fully saturated rings. The average Bonchev–Trinajstić information content (AvgIpc) is 2.16. The van der Waals surface area contributed by atoms with Crippen molar-refractivity contribution in [2.45, 2.75) is 38.7 Å². The van der Waals surface area contributed by atoms with Crippen molar-refractivity contribution in [2.24, 2.45) is 0 Å². The van der Waals surface area contributed by atoms with Crippen molar-refractivity contribution in [1.82, 2.24) is 9.97 Å². The summed E-state index contributed by atoms with van der Waals surface area (Å²) in [5.41, 5.74) is -1.58. The van der Waals surface area contributed by atoms with E-state index in [0.29, 0.717) is 11.4 Å². The van der Waals surface area contributed by atoms with Gasteiger partial charge in [0.15, 0.2) is 0 Å². The summed E-state index contributed by atoms with van der Waals surface area (Å²) in [4.78, 5) is 18.9. The van der Waals surface area contributed by atoms with Gasteiger partial charge < -0.3 is 15.0 Å². The Morgan fingerprint density at radius 3 is 1.88 bits per heavy atom. The monoisotopic (exact) mass is 246 g/mol. The van der Waals surface area contributed by atoms with Crippen molar-refractivity contribution in [1.29, 1.82) is 0 Å². The number of carboxylic acid groups (broad SMARTS) is 1. The molecule has 1 aromatic rings. The maximum Gasteiger partial charge on any atom is 1.00 e. The minimum absolute atomic E-state index is 0.